The van der Waals surface area contributed by atoms with Crippen molar-refractivity contribution in [3.63, 3.8) is 0 Å². The fraction of sp³-hybridized carbons (Fsp3) is 0.900. The predicted molar refractivity (Wildman–Crippen MR) is 53.3 cm³/mol. The lowest BCUT2D eigenvalue weighted by Crippen LogP contribution is -2.43. The maximum atomic E-state index is 10.6. The van der Waals surface area contributed by atoms with E-state index >= 15 is 0 Å². The van der Waals surface area contributed by atoms with Crippen molar-refractivity contribution in [3.8, 4) is 0 Å². The Morgan fingerprint density at radius 2 is 2.07 bits per heavy atom. The highest BCUT2D eigenvalue weighted by Gasteiger charge is 2.33. The molecular weight excluding hydrogens is 180 g/mol. The van der Waals surface area contributed by atoms with Crippen molar-refractivity contribution in [2.45, 2.75) is 31.7 Å². The van der Waals surface area contributed by atoms with Crippen molar-refractivity contribution in [1.29, 1.82) is 0 Å². The maximum Gasteiger partial charge on any atom is 0.404 e. The summed E-state index contributed by atoms with van der Waals surface area (Å²) in [6, 6.07) is 0.172. The van der Waals surface area contributed by atoms with Crippen LogP contribution in [-0.4, -0.2) is 41.8 Å². The van der Waals surface area contributed by atoms with Crippen LogP contribution in [0.1, 0.15) is 25.7 Å². The van der Waals surface area contributed by atoms with Gasteiger partial charge in [0.1, 0.15) is 0 Å². The van der Waals surface area contributed by atoms with Crippen LogP contribution in [0.15, 0.2) is 0 Å². The number of nitrogens with one attached hydrogen (secondary N) is 1. The van der Waals surface area contributed by atoms with Crippen molar-refractivity contribution < 1.29 is 9.90 Å². The van der Waals surface area contributed by atoms with E-state index < -0.39 is 6.09 Å². The van der Waals surface area contributed by atoms with Crippen LogP contribution in [0.2, 0.25) is 0 Å². The highest BCUT2D eigenvalue weighted by atomic mass is 16.4. The fourth-order valence-corrected chi connectivity index (χ4v) is 2.21. The van der Waals surface area contributed by atoms with E-state index in [4.69, 9.17) is 5.11 Å². The van der Waals surface area contributed by atoms with Crippen LogP contribution in [0.4, 0.5) is 4.79 Å². The van der Waals surface area contributed by atoms with Crippen molar-refractivity contribution >= 4 is 6.09 Å². The average molecular weight is 198 g/mol. The van der Waals surface area contributed by atoms with Crippen molar-refractivity contribution in [3.05, 3.63) is 0 Å². The highest BCUT2D eigenvalue weighted by molar-refractivity contribution is 5.65. The SMILES string of the molecule is O=C(O)NC(CN1CCCC1)C1CC1. The van der Waals surface area contributed by atoms with Gasteiger partial charge in [-0.3, -0.25) is 0 Å². The molecule has 1 unspecified atom stereocenters. The van der Waals surface area contributed by atoms with Gasteiger partial charge in [-0.15, -0.1) is 0 Å². The molecule has 1 aliphatic carbocycles. The number of hydrogen-bond acceptors (Lipinski definition) is 2. The second-order valence-electron chi connectivity index (χ2n) is 4.40. The van der Waals surface area contributed by atoms with Crippen LogP contribution < -0.4 is 5.32 Å². The van der Waals surface area contributed by atoms with Gasteiger partial charge < -0.3 is 15.3 Å². The van der Waals surface area contributed by atoms with E-state index in [1.807, 2.05) is 0 Å². The van der Waals surface area contributed by atoms with Gasteiger partial charge in [0.15, 0.2) is 0 Å². The second kappa shape index (κ2) is 4.17. The van der Waals surface area contributed by atoms with E-state index in [-0.39, 0.29) is 6.04 Å². The molecule has 14 heavy (non-hydrogen) atoms. The first-order chi connectivity index (χ1) is 6.75. The summed E-state index contributed by atoms with van der Waals surface area (Å²) < 4.78 is 0. The zero-order chi connectivity index (χ0) is 9.97. The molecule has 1 saturated carbocycles. The molecule has 0 aromatic carbocycles. The molecule has 0 radical (unpaired) electrons. The first-order valence-electron chi connectivity index (χ1n) is 5.47. The molecular formula is C10H18N2O2. The number of likely N-dealkylation sites (tertiary alicyclic amines) is 1. The van der Waals surface area contributed by atoms with Crippen molar-refractivity contribution in [2.24, 2.45) is 5.92 Å². The summed E-state index contributed by atoms with van der Waals surface area (Å²) in [7, 11) is 0. The minimum atomic E-state index is -0.874. The zero-order valence-electron chi connectivity index (χ0n) is 8.41. The molecule has 0 spiro atoms. The quantitative estimate of drug-likeness (QED) is 0.712. The standard InChI is InChI=1S/C10H18N2O2/c13-10(14)11-9(8-3-4-8)7-12-5-1-2-6-12/h8-9,11H,1-7H2,(H,13,14). The molecule has 1 aliphatic heterocycles. The number of rotatable bonds is 4. The lowest BCUT2D eigenvalue weighted by molar-refractivity contribution is 0.181. The molecule has 1 amide bonds. The van der Waals surface area contributed by atoms with E-state index in [0.29, 0.717) is 5.92 Å². The number of hydrogen-bond donors (Lipinski definition) is 2. The Morgan fingerprint density at radius 3 is 2.57 bits per heavy atom. The van der Waals surface area contributed by atoms with E-state index in [9.17, 15) is 4.79 Å². The Labute approximate surface area is 84.3 Å². The van der Waals surface area contributed by atoms with Crippen LogP contribution >= 0.6 is 0 Å². The average Bonchev–Trinajstić information content (AvgIpc) is 2.85. The van der Waals surface area contributed by atoms with Crippen LogP contribution in [0.25, 0.3) is 0 Å². The minimum absolute atomic E-state index is 0.172. The van der Waals surface area contributed by atoms with E-state index in [1.165, 1.54) is 25.7 Å². The van der Waals surface area contributed by atoms with Gasteiger partial charge in [-0.25, -0.2) is 4.79 Å². The van der Waals surface area contributed by atoms with E-state index in [2.05, 4.69) is 10.2 Å². The molecule has 2 aliphatic rings. The first kappa shape index (κ1) is 9.77. The molecule has 0 bridgehead atoms. The zero-order valence-corrected chi connectivity index (χ0v) is 8.41. The molecule has 0 aromatic heterocycles. The smallest absolute Gasteiger partial charge is 0.404 e. The molecule has 4 heteroatoms. The molecule has 0 aromatic rings. The molecule has 4 nitrogen and oxygen atoms in total. The van der Waals surface area contributed by atoms with Crippen LogP contribution in [-0.2, 0) is 0 Å². The number of nitrogens with zero attached hydrogens (tertiary/aromatic N) is 1. The third kappa shape index (κ3) is 2.61. The summed E-state index contributed by atoms with van der Waals surface area (Å²) >= 11 is 0. The Bertz CT molecular complexity index is 210. The summed E-state index contributed by atoms with van der Waals surface area (Å²) in [4.78, 5) is 13.0. The number of carbonyl (C=O) groups is 1. The fourth-order valence-electron chi connectivity index (χ4n) is 2.21. The third-order valence-corrected chi connectivity index (χ3v) is 3.15. The molecule has 2 fully saturated rings. The summed E-state index contributed by atoms with van der Waals surface area (Å²) in [6.45, 7) is 3.20. The van der Waals surface area contributed by atoms with Gasteiger partial charge in [0.05, 0.1) is 0 Å². The summed E-state index contributed by atoms with van der Waals surface area (Å²) in [6.07, 6.45) is 4.05. The number of amides is 1. The Morgan fingerprint density at radius 1 is 1.43 bits per heavy atom. The monoisotopic (exact) mass is 198 g/mol. The van der Waals surface area contributed by atoms with Crippen LogP contribution in [0, 0.1) is 5.92 Å². The van der Waals surface area contributed by atoms with Gasteiger partial charge >= 0.3 is 6.09 Å². The molecule has 80 valence electrons. The maximum absolute atomic E-state index is 10.6. The summed E-state index contributed by atoms with van der Waals surface area (Å²) in [5, 5.41) is 11.3. The Kier molecular flexibility index (Phi) is 2.91. The molecule has 1 heterocycles. The lowest BCUT2D eigenvalue weighted by atomic mass is 10.2. The molecule has 2 N–H and O–H groups in total. The van der Waals surface area contributed by atoms with Crippen LogP contribution in [0.3, 0.4) is 0 Å². The van der Waals surface area contributed by atoms with Crippen molar-refractivity contribution in [1.82, 2.24) is 10.2 Å². The molecule has 1 saturated heterocycles. The van der Waals surface area contributed by atoms with Crippen molar-refractivity contribution in [2.75, 3.05) is 19.6 Å². The minimum Gasteiger partial charge on any atom is -0.465 e. The van der Waals surface area contributed by atoms with Gasteiger partial charge in [0.25, 0.3) is 0 Å². The van der Waals surface area contributed by atoms with Gasteiger partial charge in [-0.05, 0) is 44.7 Å². The van der Waals surface area contributed by atoms with E-state index in [1.54, 1.807) is 0 Å². The van der Waals surface area contributed by atoms with Gasteiger partial charge in [-0.2, -0.15) is 0 Å². The molecule has 1 atom stereocenters. The third-order valence-electron chi connectivity index (χ3n) is 3.15. The van der Waals surface area contributed by atoms with E-state index in [0.717, 1.165) is 19.6 Å². The lowest BCUT2D eigenvalue weighted by Gasteiger charge is -2.23. The summed E-state index contributed by atoms with van der Waals surface area (Å²) in [5.41, 5.74) is 0. The Hall–Kier alpha value is -0.770. The van der Waals surface area contributed by atoms with Crippen LogP contribution in [0.5, 0.6) is 0 Å². The second-order valence-corrected chi connectivity index (χ2v) is 4.40. The normalized spacial score (nSPS) is 24.9. The predicted octanol–water partition coefficient (Wildman–Crippen LogP) is 1.13. The first-order valence-corrected chi connectivity index (χ1v) is 5.47. The largest absolute Gasteiger partial charge is 0.465 e. The summed E-state index contributed by atoms with van der Waals surface area (Å²) in [5.74, 6) is 0.603. The highest BCUT2D eigenvalue weighted by Crippen LogP contribution is 2.33. The molecule has 2 rings (SSSR count). The number of carboxylic acid groups (broad SMARTS) is 1. The van der Waals surface area contributed by atoms with Gasteiger partial charge in [-0.1, -0.05) is 0 Å². The topological polar surface area (TPSA) is 52.6 Å². The Balaban J connectivity index is 1.80. The van der Waals surface area contributed by atoms with Gasteiger partial charge in [0.2, 0.25) is 0 Å². The van der Waals surface area contributed by atoms with Gasteiger partial charge in [0, 0.05) is 12.6 Å².